The normalized spacial score (nSPS) is 11.8. The first-order valence-corrected chi connectivity index (χ1v) is 7.75. The Kier molecular flexibility index (Phi) is 8.51. The first kappa shape index (κ1) is 16.5. The Labute approximate surface area is 122 Å². The number of nitrogens with one attached hydrogen (secondary N) is 1. The highest BCUT2D eigenvalue weighted by Crippen LogP contribution is 1.99. The summed E-state index contributed by atoms with van der Waals surface area (Å²) in [5.74, 6) is 1.66. The second-order valence-corrected chi connectivity index (χ2v) is 5.13. The summed E-state index contributed by atoms with van der Waals surface area (Å²) in [5, 5.41) is 3.17. The zero-order chi connectivity index (χ0) is 14.6. The molecule has 1 aromatic heterocycles. The van der Waals surface area contributed by atoms with E-state index in [2.05, 4.69) is 26.8 Å². The van der Waals surface area contributed by atoms with Crippen LogP contribution in [0.1, 0.15) is 51.3 Å². The second kappa shape index (κ2) is 10.3. The lowest BCUT2D eigenvalue weighted by atomic mass is 10.2. The van der Waals surface area contributed by atoms with E-state index in [1.807, 2.05) is 19.3 Å². The molecular weight excluding hydrogens is 250 g/mol. The van der Waals surface area contributed by atoms with Crippen molar-refractivity contribution in [2.24, 2.45) is 10.7 Å². The van der Waals surface area contributed by atoms with Crippen molar-refractivity contribution in [3.05, 3.63) is 18.2 Å². The summed E-state index contributed by atoms with van der Waals surface area (Å²) in [4.78, 5) is 8.53. The number of aromatic nitrogens is 2. The first-order chi connectivity index (χ1) is 9.74. The van der Waals surface area contributed by atoms with Crippen molar-refractivity contribution >= 4 is 5.96 Å². The highest BCUT2D eigenvalue weighted by Gasteiger charge is 1.96. The molecule has 20 heavy (non-hydrogen) atoms. The molecule has 0 unspecified atom stereocenters. The van der Waals surface area contributed by atoms with Gasteiger partial charge in [-0.25, -0.2) is 4.98 Å². The Balaban J connectivity index is 2.00. The van der Waals surface area contributed by atoms with E-state index in [4.69, 9.17) is 5.73 Å². The van der Waals surface area contributed by atoms with Gasteiger partial charge in [0, 0.05) is 32.0 Å². The van der Waals surface area contributed by atoms with E-state index in [-0.39, 0.29) is 0 Å². The number of nitrogens with zero attached hydrogens (tertiary/aromatic N) is 3. The number of hydrogen-bond donors (Lipinski definition) is 2. The van der Waals surface area contributed by atoms with Gasteiger partial charge in [-0.1, -0.05) is 26.2 Å². The Morgan fingerprint density at radius 1 is 1.30 bits per heavy atom. The van der Waals surface area contributed by atoms with Crippen molar-refractivity contribution in [3.63, 3.8) is 0 Å². The van der Waals surface area contributed by atoms with Gasteiger partial charge in [0.2, 0.25) is 0 Å². The minimum Gasteiger partial charge on any atom is -0.370 e. The molecule has 0 radical (unpaired) electrons. The van der Waals surface area contributed by atoms with Crippen molar-refractivity contribution in [1.29, 1.82) is 0 Å². The van der Waals surface area contributed by atoms with Gasteiger partial charge in [-0.3, -0.25) is 4.99 Å². The summed E-state index contributed by atoms with van der Waals surface area (Å²) in [6.45, 7) is 6.98. The third-order valence-electron chi connectivity index (χ3n) is 3.35. The van der Waals surface area contributed by atoms with E-state index in [9.17, 15) is 0 Å². The fourth-order valence-corrected chi connectivity index (χ4v) is 2.06. The summed E-state index contributed by atoms with van der Waals surface area (Å²) in [7, 11) is 0. The maximum atomic E-state index is 5.81. The van der Waals surface area contributed by atoms with Gasteiger partial charge in [0.15, 0.2) is 5.96 Å². The minimum absolute atomic E-state index is 0.584. The fourth-order valence-electron chi connectivity index (χ4n) is 2.06. The lowest BCUT2D eigenvalue weighted by molar-refractivity contribution is 0.590. The van der Waals surface area contributed by atoms with E-state index < -0.39 is 0 Å². The van der Waals surface area contributed by atoms with Crippen LogP contribution in [0.15, 0.2) is 17.4 Å². The van der Waals surface area contributed by atoms with Crippen LogP contribution in [0.4, 0.5) is 0 Å². The first-order valence-electron chi connectivity index (χ1n) is 7.75. The highest BCUT2D eigenvalue weighted by molar-refractivity contribution is 5.77. The SMILES string of the molecule is CCCCCCN=C(N)NCCCCn1ccnc1C. The van der Waals surface area contributed by atoms with Crippen LogP contribution in [0.3, 0.4) is 0 Å². The van der Waals surface area contributed by atoms with Crippen LogP contribution in [0.2, 0.25) is 0 Å². The molecule has 0 saturated carbocycles. The summed E-state index contributed by atoms with van der Waals surface area (Å²) in [6, 6.07) is 0. The summed E-state index contributed by atoms with van der Waals surface area (Å²) >= 11 is 0. The highest BCUT2D eigenvalue weighted by atomic mass is 15.1. The zero-order valence-corrected chi connectivity index (χ0v) is 12.9. The summed E-state index contributed by atoms with van der Waals surface area (Å²) < 4.78 is 2.17. The van der Waals surface area contributed by atoms with Crippen LogP contribution in [0, 0.1) is 6.92 Å². The Morgan fingerprint density at radius 3 is 2.85 bits per heavy atom. The van der Waals surface area contributed by atoms with Gasteiger partial charge in [-0.15, -0.1) is 0 Å². The van der Waals surface area contributed by atoms with Crippen LogP contribution in [-0.4, -0.2) is 28.6 Å². The molecule has 1 aromatic rings. The third-order valence-corrected chi connectivity index (χ3v) is 3.35. The topological polar surface area (TPSA) is 68.2 Å². The zero-order valence-electron chi connectivity index (χ0n) is 12.9. The van der Waals surface area contributed by atoms with Crippen molar-refractivity contribution in [2.75, 3.05) is 13.1 Å². The predicted octanol–water partition coefficient (Wildman–Crippen LogP) is 2.46. The molecule has 0 aliphatic rings. The number of nitrogens with two attached hydrogens (primary N) is 1. The standard InChI is InChI=1S/C15H29N5/c1-3-4-5-6-9-18-15(16)19-10-7-8-12-20-13-11-17-14(20)2/h11,13H,3-10,12H2,1-2H3,(H3,16,18,19). The van der Waals surface area contributed by atoms with Gasteiger partial charge < -0.3 is 15.6 Å². The number of rotatable bonds is 10. The second-order valence-electron chi connectivity index (χ2n) is 5.13. The Hall–Kier alpha value is -1.52. The van der Waals surface area contributed by atoms with Crippen LogP contribution in [0.5, 0.6) is 0 Å². The van der Waals surface area contributed by atoms with Gasteiger partial charge >= 0.3 is 0 Å². The Bertz CT molecular complexity index is 383. The average Bonchev–Trinajstić information content (AvgIpc) is 2.84. The quantitative estimate of drug-likeness (QED) is 0.393. The van der Waals surface area contributed by atoms with Crippen molar-refractivity contribution in [1.82, 2.24) is 14.9 Å². The predicted molar refractivity (Wildman–Crippen MR) is 84.8 cm³/mol. The smallest absolute Gasteiger partial charge is 0.188 e. The molecule has 1 heterocycles. The van der Waals surface area contributed by atoms with Gasteiger partial charge in [0.25, 0.3) is 0 Å². The minimum atomic E-state index is 0.584. The molecule has 0 fully saturated rings. The molecule has 3 N–H and O–H groups in total. The molecule has 0 bridgehead atoms. The van der Waals surface area contributed by atoms with Gasteiger partial charge in [0.05, 0.1) is 0 Å². The average molecular weight is 279 g/mol. The van der Waals surface area contributed by atoms with Crippen molar-refractivity contribution in [3.8, 4) is 0 Å². The maximum Gasteiger partial charge on any atom is 0.188 e. The molecule has 0 atom stereocenters. The van der Waals surface area contributed by atoms with Crippen LogP contribution >= 0.6 is 0 Å². The molecule has 0 spiro atoms. The van der Waals surface area contributed by atoms with E-state index in [1.54, 1.807) is 0 Å². The van der Waals surface area contributed by atoms with Crippen LogP contribution in [0.25, 0.3) is 0 Å². The Morgan fingerprint density at radius 2 is 2.15 bits per heavy atom. The lowest BCUT2D eigenvalue weighted by Crippen LogP contribution is -2.32. The van der Waals surface area contributed by atoms with E-state index in [1.165, 1.54) is 19.3 Å². The number of imidazole rings is 1. The van der Waals surface area contributed by atoms with Gasteiger partial charge in [-0.05, 0) is 26.2 Å². The van der Waals surface area contributed by atoms with E-state index in [0.29, 0.717) is 5.96 Å². The van der Waals surface area contributed by atoms with Crippen LogP contribution < -0.4 is 11.1 Å². The van der Waals surface area contributed by atoms with Crippen LogP contribution in [-0.2, 0) is 6.54 Å². The number of aryl methyl sites for hydroxylation is 2. The monoisotopic (exact) mass is 279 g/mol. The summed E-state index contributed by atoms with van der Waals surface area (Å²) in [6.07, 6.45) is 11.0. The molecular formula is C15H29N5. The van der Waals surface area contributed by atoms with Gasteiger partial charge in [0.1, 0.15) is 5.82 Å². The fraction of sp³-hybridized carbons (Fsp3) is 0.733. The molecule has 0 saturated heterocycles. The molecule has 0 aromatic carbocycles. The molecule has 0 aliphatic heterocycles. The number of hydrogen-bond acceptors (Lipinski definition) is 2. The van der Waals surface area contributed by atoms with E-state index >= 15 is 0 Å². The number of unbranched alkanes of at least 4 members (excludes halogenated alkanes) is 4. The number of guanidine groups is 1. The molecule has 5 nitrogen and oxygen atoms in total. The molecule has 1 rings (SSSR count). The largest absolute Gasteiger partial charge is 0.370 e. The van der Waals surface area contributed by atoms with Crippen molar-refractivity contribution < 1.29 is 0 Å². The van der Waals surface area contributed by atoms with Gasteiger partial charge in [-0.2, -0.15) is 0 Å². The molecule has 114 valence electrons. The number of aliphatic imine (C=N–C) groups is 1. The molecule has 0 amide bonds. The third kappa shape index (κ3) is 7.16. The maximum absolute atomic E-state index is 5.81. The molecule has 0 aliphatic carbocycles. The van der Waals surface area contributed by atoms with E-state index in [0.717, 1.165) is 44.7 Å². The summed E-state index contributed by atoms with van der Waals surface area (Å²) in [5.41, 5.74) is 5.81. The van der Waals surface area contributed by atoms with Crippen molar-refractivity contribution in [2.45, 2.75) is 58.9 Å². The lowest BCUT2D eigenvalue weighted by Gasteiger charge is -2.07. The molecule has 5 heteroatoms.